The van der Waals surface area contributed by atoms with Gasteiger partial charge in [-0.25, -0.2) is 0 Å². The number of nitrogens with one attached hydrogen (secondary N) is 1. The zero-order valence-corrected chi connectivity index (χ0v) is 16.8. The Morgan fingerprint density at radius 3 is 2.58 bits per heavy atom. The minimum Gasteiger partial charge on any atom is -0.328 e. The second-order valence-electron chi connectivity index (χ2n) is 7.05. The lowest BCUT2D eigenvalue weighted by Gasteiger charge is -2.36. The van der Waals surface area contributed by atoms with Crippen LogP contribution in [-0.4, -0.2) is 40.2 Å². The molecule has 5 nitrogen and oxygen atoms in total. The van der Waals surface area contributed by atoms with E-state index in [9.17, 15) is 4.79 Å². The number of piperazine rings is 1. The molecular weight excluding hydrogens is 348 g/mol. The van der Waals surface area contributed by atoms with E-state index in [1.54, 1.807) is 4.68 Å². The molecule has 1 saturated heterocycles. The fourth-order valence-electron chi connectivity index (χ4n) is 3.34. The van der Waals surface area contributed by atoms with Crippen LogP contribution >= 0.6 is 12.4 Å². The van der Waals surface area contributed by atoms with Crippen LogP contribution in [0.1, 0.15) is 60.0 Å². The van der Waals surface area contributed by atoms with E-state index in [1.165, 1.54) is 11.1 Å². The molecule has 1 unspecified atom stereocenters. The standard InChI is InChI=1S/C20H28N4O.ClH/c1-5-15-6-8-16(9-7-15)19-13-21-10-11-24(19)20(25)18-12-17(14(2)3)22-23(18)4;/h6-9,12,14,19,21H,5,10-11,13H2,1-4H3;1H. The van der Waals surface area contributed by atoms with Crippen molar-refractivity contribution in [3.63, 3.8) is 0 Å². The maximum atomic E-state index is 13.2. The van der Waals surface area contributed by atoms with Crippen molar-refractivity contribution in [2.75, 3.05) is 19.6 Å². The number of nitrogens with zero attached hydrogens (tertiary/aromatic N) is 3. The molecule has 2 aromatic rings. The highest BCUT2D eigenvalue weighted by Gasteiger charge is 2.30. The first-order chi connectivity index (χ1) is 12.0. The van der Waals surface area contributed by atoms with Gasteiger partial charge in [-0.2, -0.15) is 5.10 Å². The lowest BCUT2D eigenvalue weighted by Crippen LogP contribution is -2.49. The van der Waals surface area contributed by atoms with Gasteiger partial charge in [-0.1, -0.05) is 45.0 Å². The van der Waals surface area contributed by atoms with Crippen molar-refractivity contribution in [3.8, 4) is 0 Å². The van der Waals surface area contributed by atoms with E-state index in [0.717, 1.165) is 25.2 Å². The number of carbonyl (C=O) groups is 1. The van der Waals surface area contributed by atoms with Crippen molar-refractivity contribution in [2.24, 2.45) is 7.05 Å². The van der Waals surface area contributed by atoms with E-state index < -0.39 is 0 Å². The summed E-state index contributed by atoms with van der Waals surface area (Å²) >= 11 is 0. The van der Waals surface area contributed by atoms with Crippen LogP contribution in [-0.2, 0) is 13.5 Å². The van der Waals surface area contributed by atoms with Crippen molar-refractivity contribution in [1.82, 2.24) is 20.0 Å². The summed E-state index contributed by atoms with van der Waals surface area (Å²) in [7, 11) is 1.85. The Morgan fingerprint density at radius 2 is 2.00 bits per heavy atom. The predicted molar refractivity (Wildman–Crippen MR) is 107 cm³/mol. The fourth-order valence-corrected chi connectivity index (χ4v) is 3.34. The highest BCUT2D eigenvalue weighted by Crippen LogP contribution is 2.25. The topological polar surface area (TPSA) is 50.2 Å². The average molecular weight is 377 g/mol. The number of aryl methyl sites for hydroxylation is 2. The average Bonchev–Trinajstić information content (AvgIpc) is 3.03. The number of hydrogen-bond donors (Lipinski definition) is 1. The maximum absolute atomic E-state index is 13.2. The summed E-state index contributed by atoms with van der Waals surface area (Å²) in [6, 6.07) is 10.6. The van der Waals surface area contributed by atoms with Crippen molar-refractivity contribution in [3.05, 3.63) is 52.8 Å². The van der Waals surface area contributed by atoms with Crippen LogP contribution in [0.3, 0.4) is 0 Å². The van der Waals surface area contributed by atoms with Crippen LogP contribution in [0, 0.1) is 0 Å². The molecule has 3 rings (SSSR count). The summed E-state index contributed by atoms with van der Waals surface area (Å²) in [5, 5.41) is 7.92. The Balaban J connectivity index is 0.00000243. The number of aromatic nitrogens is 2. The molecule has 6 heteroatoms. The number of carbonyl (C=O) groups excluding carboxylic acids is 1. The maximum Gasteiger partial charge on any atom is 0.272 e. The Labute approximate surface area is 162 Å². The number of benzene rings is 1. The van der Waals surface area contributed by atoms with Gasteiger partial charge in [0.2, 0.25) is 0 Å². The third kappa shape index (κ3) is 4.10. The Morgan fingerprint density at radius 1 is 1.31 bits per heavy atom. The normalized spacial score (nSPS) is 17.3. The first-order valence-electron chi connectivity index (χ1n) is 9.15. The van der Waals surface area contributed by atoms with E-state index >= 15 is 0 Å². The van der Waals surface area contributed by atoms with Crippen molar-refractivity contribution < 1.29 is 4.79 Å². The quantitative estimate of drug-likeness (QED) is 0.890. The van der Waals surface area contributed by atoms with Gasteiger partial charge in [0, 0.05) is 26.7 Å². The van der Waals surface area contributed by atoms with Crippen molar-refractivity contribution >= 4 is 18.3 Å². The van der Waals surface area contributed by atoms with E-state index in [4.69, 9.17) is 0 Å². The SMILES string of the molecule is CCc1ccc(C2CNCCN2C(=O)c2cc(C(C)C)nn2C)cc1.Cl. The molecule has 26 heavy (non-hydrogen) atoms. The largest absolute Gasteiger partial charge is 0.328 e. The molecule has 1 aromatic heterocycles. The molecule has 0 bridgehead atoms. The number of rotatable bonds is 4. The summed E-state index contributed by atoms with van der Waals surface area (Å²) < 4.78 is 1.72. The van der Waals surface area contributed by atoms with Gasteiger partial charge < -0.3 is 10.2 Å². The molecule has 0 spiro atoms. The lowest BCUT2D eigenvalue weighted by molar-refractivity contribution is 0.0623. The van der Waals surface area contributed by atoms with E-state index in [2.05, 4.69) is 55.5 Å². The van der Waals surface area contributed by atoms with E-state index in [0.29, 0.717) is 18.2 Å². The van der Waals surface area contributed by atoms with Gasteiger partial charge >= 0.3 is 0 Å². The van der Waals surface area contributed by atoms with Crippen molar-refractivity contribution in [2.45, 2.75) is 39.2 Å². The molecule has 1 fully saturated rings. The number of halogens is 1. The molecule has 1 N–H and O–H groups in total. The third-order valence-electron chi connectivity index (χ3n) is 4.99. The summed E-state index contributed by atoms with van der Waals surface area (Å²) in [5.74, 6) is 0.376. The first-order valence-corrected chi connectivity index (χ1v) is 9.15. The smallest absolute Gasteiger partial charge is 0.272 e. The monoisotopic (exact) mass is 376 g/mol. The van der Waals surface area contributed by atoms with E-state index in [1.807, 2.05) is 18.0 Å². The molecule has 1 aliphatic heterocycles. The number of hydrogen-bond acceptors (Lipinski definition) is 3. The van der Waals surface area contributed by atoms with Gasteiger partial charge in [-0.3, -0.25) is 9.48 Å². The van der Waals surface area contributed by atoms with Crippen LogP contribution in [0.25, 0.3) is 0 Å². The van der Waals surface area contributed by atoms with Gasteiger partial charge in [-0.05, 0) is 29.5 Å². The van der Waals surface area contributed by atoms with Gasteiger partial charge in [0.1, 0.15) is 5.69 Å². The highest BCUT2D eigenvalue weighted by atomic mass is 35.5. The molecule has 1 atom stereocenters. The molecule has 1 amide bonds. The second kappa shape index (κ2) is 8.69. The summed E-state index contributed by atoms with van der Waals surface area (Å²) in [4.78, 5) is 15.2. The van der Waals surface area contributed by atoms with Crippen LogP contribution in [0.2, 0.25) is 0 Å². The van der Waals surface area contributed by atoms with E-state index in [-0.39, 0.29) is 24.4 Å². The molecule has 0 saturated carbocycles. The van der Waals surface area contributed by atoms with Gasteiger partial charge in [-0.15, -0.1) is 12.4 Å². The fraction of sp³-hybridized carbons (Fsp3) is 0.500. The Kier molecular flexibility index (Phi) is 6.84. The summed E-state index contributed by atoms with van der Waals surface area (Å²) in [6.45, 7) is 8.66. The zero-order chi connectivity index (χ0) is 18.0. The molecule has 142 valence electrons. The Hall–Kier alpha value is -1.85. The Bertz CT molecular complexity index is 739. The summed E-state index contributed by atoms with van der Waals surface area (Å²) in [5.41, 5.74) is 4.13. The molecule has 0 radical (unpaired) electrons. The first kappa shape index (κ1) is 20.5. The minimum absolute atomic E-state index is 0. The molecule has 1 aliphatic rings. The van der Waals surface area contributed by atoms with Gasteiger partial charge in [0.25, 0.3) is 5.91 Å². The van der Waals surface area contributed by atoms with Gasteiger partial charge in [0.05, 0.1) is 11.7 Å². The van der Waals surface area contributed by atoms with Crippen LogP contribution in [0.5, 0.6) is 0 Å². The molecule has 0 aliphatic carbocycles. The van der Waals surface area contributed by atoms with Crippen LogP contribution in [0.15, 0.2) is 30.3 Å². The second-order valence-corrected chi connectivity index (χ2v) is 7.05. The molecule has 1 aromatic carbocycles. The summed E-state index contributed by atoms with van der Waals surface area (Å²) in [6.07, 6.45) is 1.03. The molecule has 2 heterocycles. The van der Waals surface area contributed by atoms with Gasteiger partial charge in [0.15, 0.2) is 0 Å². The molecular formula is C20H29ClN4O. The van der Waals surface area contributed by atoms with Crippen LogP contribution < -0.4 is 5.32 Å². The van der Waals surface area contributed by atoms with Crippen LogP contribution in [0.4, 0.5) is 0 Å². The highest BCUT2D eigenvalue weighted by molar-refractivity contribution is 5.93. The van der Waals surface area contributed by atoms with Crippen molar-refractivity contribution in [1.29, 1.82) is 0 Å². The minimum atomic E-state index is 0. The third-order valence-corrected chi connectivity index (χ3v) is 4.99. The predicted octanol–water partition coefficient (Wildman–Crippen LogP) is 3.31. The zero-order valence-electron chi connectivity index (χ0n) is 16.0. The number of amides is 1. The lowest BCUT2D eigenvalue weighted by atomic mass is 10.0.